The van der Waals surface area contributed by atoms with Crippen molar-refractivity contribution in [3.05, 3.63) is 85.8 Å². The number of nitrogens with one attached hydrogen (secondary N) is 1. The van der Waals surface area contributed by atoms with Crippen LogP contribution in [0.2, 0.25) is 5.02 Å². The molecule has 0 radical (unpaired) electrons. The molecular formula is C35H36ClN7O4. The summed E-state index contributed by atoms with van der Waals surface area (Å²) in [6.45, 7) is 14.7. The number of H-pyrrole nitrogens is 1. The molecule has 4 aromatic heterocycles. The largest absolute Gasteiger partial charge is 0.484 e. The Morgan fingerprint density at radius 2 is 1.91 bits per heavy atom. The third-order valence-electron chi connectivity index (χ3n) is 9.47. The first-order valence-corrected chi connectivity index (χ1v) is 16.1. The van der Waals surface area contributed by atoms with E-state index >= 15 is 0 Å². The lowest BCUT2D eigenvalue weighted by Crippen LogP contribution is -2.62. The molecule has 1 aromatic carbocycles. The van der Waals surface area contributed by atoms with Crippen LogP contribution in [-0.4, -0.2) is 66.7 Å². The van der Waals surface area contributed by atoms with Gasteiger partial charge in [0.05, 0.1) is 44.9 Å². The van der Waals surface area contributed by atoms with Gasteiger partial charge in [-0.15, -0.1) is 0 Å². The normalized spacial score (nSPS) is 17.6. The maximum atomic E-state index is 14.8. The highest BCUT2D eigenvalue weighted by atomic mass is 35.5. The highest BCUT2D eigenvalue weighted by Gasteiger charge is 2.41. The van der Waals surface area contributed by atoms with E-state index in [9.17, 15) is 14.4 Å². The number of anilines is 1. The molecule has 5 aromatic rings. The van der Waals surface area contributed by atoms with Gasteiger partial charge in [0.25, 0.3) is 0 Å². The summed E-state index contributed by atoms with van der Waals surface area (Å²) >= 11 is 7.17. The average molecular weight is 654 g/mol. The Morgan fingerprint density at radius 1 is 1.15 bits per heavy atom. The number of hydrogen-bond donors (Lipinski definition) is 1. The number of benzene rings is 1. The number of aromatic nitrogens is 5. The molecule has 7 rings (SSSR count). The van der Waals surface area contributed by atoms with Gasteiger partial charge < -0.3 is 19.5 Å². The number of carbonyl (C=O) groups is 1. The molecule has 1 fully saturated rings. The minimum Gasteiger partial charge on any atom is -0.484 e. The smallest absolute Gasteiger partial charge is 0.326 e. The zero-order valence-electron chi connectivity index (χ0n) is 27.2. The Hall–Kier alpha value is -4.90. The average Bonchev–Trinajstić information content (AvgIpc) is 3.33. The molecule has 0 aliphatic carbocycles. The van der Waals surface area contributed by atoms with Crippen molar-refractivity contribution in [2.24, 2.45) is 7.05 Å². The van der Waals surface area contributed by atoms with Crippen molar-refractivity contribution in [1.82, 2.24) is 29.0 Å². The third kappa shape index (κ3) is 4.58. The number of ether oxygens (including phenoxy) is 1. The number of rotatable bonds is 4. The summed E-state index contributed by atoms with van der Waals surface area (Å²) in [4.78, 5) is 56.9. The highest BCUT2D eigenvalue weighted by molar-refractivity contribution is 6.34. The van der Waals surface area contributed by atoms with E-state index in [1.54, 1.807) is 27.3 Å². The lowest BCUT2D eigenvalue weighted by Gasteiger charge is -2.48. The van der Waals surface area contributed by atoms with Gasteiger partial charge in [-0.25, -0.2) is 9.78 Å². The van der Waals surface area contributed by atoms with Gasteiger partial charge in [-0.3, -0.25) is 23.7 Å². The molecule has 6 heterocycles. The Bertz CT molecular complexity index is 2270. The zero-order chi connectivity index (χ0) is 33.5. The van der Waals surface area contributed by atoms with E-state index in [4.69, 9.17) is 26.3 Å². The molecule has 47 heavy (non-hydrogen) atoms. The van der Waals surface area contributed by atoms with Crippen LogP contribution < -0.4 is 20.9 Å². The van der Waals surface area contributed by atoms with E-state index in [1.165, 1.54) is 6.08 Å². The number of piperazine rings is 1. The molecule has 1 amide bonds. The minimum atomic E-state index is -0.356. The van der Waals surface area contributed by atoms with Gasteiger partial charge in [-0.2, -0.15) is 0 Å². The number of carbonyl (C=O) groups excluding carboxylic acids is 1. The van der Waals surface area contributed by atoms with E-state index in [0.717, 1.165) is 16.8 Å². The molecule has 0 spiro atoms. The van der Waals surface area contributed by atoms with Crippen LogP contribution in [0.25, 0.3) is 39.0 Å². The van der Waals surface area contributed by atoms with Crippen molar-refractivity contribution < 1.29 is 9.53 Å². The molecule has 11 nitrogen and oxygen atoms in total. The van der Waals surface area contributed by atoms with Crippen LogP contribution in [0.4, 0.5) is 5.69 Å². The van der Waals surface area contributed by atoms with Gasteiger partial charge in [0, 0.05) is 43.3 Å². The minimum absolute atomic E-state index is 0.00153. The van der Waals surface area contributed by atoms with Crippen molar-refractivity contribution in [3.63, 3.8) is 0 Å². The zero-order valence-corrected chi connectivity index (χ0v) is 28.0. The highest BCUT2D eigenvalue weighted by Crippen LogP contribution is 2.44. The fraction of sp³-hybridized carbons (Fsp3) is 0.343. The fourth-order valence-electron chi connectivity index (χ4n) is 7.13. The summed E-state index contributed by atoms with van der Waals surface area (Å²) in [5, 5.41) is 0.997. The number of fused-ring (bicyclic) bond motifs is 6. The summed E-state index contributed by atoms with van der Waals surface area (Å²) in [5.74, 6) is 0.0653. The molecule has 2 atom stereocenters. The first-order valence-electron chi connectivity index (χ1n) is 15.7. The molecule has 0 saturated carbocycles. The van der Waals surface area contributed by atoms with Gasteiger partial charge in [-0.1, -0.05) is 38.1 Å². The number of halogens is 1. The quantitative estimate of drug-likeness (QED) is 0.271. The summed E-state index contributed by atoms with van der Waals surface area (Å²) in [6, 6.07) is 7.16. The predicted molar refractivity (Wildman–Crippen MR) is 184 cm³/mol. The van der Waals surface area contributed by atoms with Crippen molar-refractivity contribution in [1.29, 1.82) is 0 Å². The maximum absolute atomic E-state index is 14.8. The van der Waals surface area contributed by atoms with Crippen molar-refractivity contribution in [2.75, 3.05) is 24.6 Å². The number of pyridine rings is 3. The van der Waals surface area contributed by atoms with Crippen LogP contribution in [0.15, 0.2) is 52.7 Å². The Morgan fingerprint density at radius 3 is 2.64 bits per heavy atom. The molecule has 0 bridgehead atoms. The first kappa shape index (κ1) is 30.7. The summed E-state index contributed by atoms with van der Waals surface area (Å²) in [6.07, 6.45) is 3.08. The predicted octanol–water partition coefficient (Wildman–Crippen LogP) is 5.01. The summed E-state index contributed by atoms with van der Waals surface area (Å²) in [7, 11) is 1.70. The Labute approximate surface area is 276 Å². The molecular weight excluding hydrogens is 618 g/mol. The fourth-order valence-corrected chi connectivity index (χ4v) is 7.37. The number of imidazole rings is 1. The molecule has 1 saturated heterocycles. The molecule has 1 N–H and O–H groups in total. The number of hydrogen-bond acceptors (Lipinski definition) is 7. The van der Waals surface area contributed by atoms with Gasteiger partial charge in [0.1, 0.15) is 6.61 Å². The second-order valence-corrected chi connectivity index (χ2v) is 13.2. The van der Waals surface area contributed by atoms with Crippen molar-refractivity contribution >= 4 is 45.3 Å². The van der Waals surface area contributed by atoms with Crippen LogP contribution >= 0.6 is 11.6 Å². The van der Waals surface area contributed by atoms with Crippen LogP contribution in [-0.2, 0) is 11.8 Å². The Balaban J connectivity index is 1.59. The van der Waals surface area contributed by atoms with Crippen molar-refractivity contribution in [3.8, 4) is 22.7 Å². The van der Waals surface area contributed by atoms with Gasteiger partial charge in [0.15, 0.2) is 5.65 Å². The van der Waals surface area contributed by atoms with E-state index < -0.39 is 0 Å². The second kappa shape index (κ2) is 11.1. The topological polar surface area (TPSA) is 118 Å². The standard InChI is InChI=1S/C35H36ClN7O4/c1-8-25(44)41-15-21-16-47-32-30(42(21)14-20(41)6)22-13-23(36)28(26-18(4)9-10-24-31(26)40(7)35(46)38-24)39-33(22)43(34(32)45)29-19(5)11-12-37-27(29)17(2)3/h8-13,17,20-21H,1,14-16H2,2-7H3,(H,38,46). The number of nitrogens with zero attached hydrogens (tertiary/aromatic N) is 6. The van der Waals surface area contributed by atoms with Crippen molar-refractivity contribution in [2.45, 2.75) is 52.6 Å². The summed E-state index contributed by atoms with van der Waals surface area (Å²) in [5.41, 5.74) is 5.96. The summed E-state index contributed by atoms with van der Waals surface area (Å²) < 4.78 is 9.47. The molecule has 2 unspecified atom stereocenters. The number of aryl methyl sites for hydroxylation is 3. The van der Waals surface area contributed by atoms with E-state index in [0.29, 0.717) is 62.8 Å². The molecule has 12 heteroatoms. The third-order valence-corrected chi connectivity index (χ3v) is 9.76. The number of amides is 1. The van der Waals surface area contributed by atoms with Crippen LogP contribution in [0.5, 0.6) is 5.75 Å². The SMILES string of the molecule is C=CC(=O)N1CC2COc3c(c4cc(Cl)c(-c5c(C)ccc6[nH]c(=O)n(C)c56)nc4n(-c4c(C)ccnc4C(C)C)c3=O)N2CC1C. The van der Waals surface area contributed by atoms with Gasteiger partial charge >= 0.3 is 11.2 Å². The van der Waals surface area contributed by atoms with Gasteiger partial charge in [0.2, 0.25) is 11.7 Å². The lowest BCUT2D eigenvalue weighted by atomic mass is 9.99. The van der Waals surface area contributed by atoms with E-state index in [-0.39, 0.29) is 47.5 Å². The molecule has 2 aliphatic rings. The second-order valence-electron chi connectivity index (χ2n) is 12.8. The molecule has 242 valence electrons. The Kier molecular flexibility index (Phi) is 7.27. The molecule has 2 aliphatic heterocycles. The van der Waals surface area contributed by atoms with E-state index in [1.807, 2.05) is 58.9 Å². The van der Waals surface area contributed by atoms with Gasteiger partial charge in [-0.05, 0) is 62.1 Å². The monoisotopic (exact) mass is 653 g/mol. The number of aromatic amines is 1. The maximum Gasteiger partial charge on any atom is 0.326 e. The van der Waals surface area contributed by atoms with Crippen LogP contribution in [0.3, 0.4) is 0 Å². The van der Waals surface area contributed by atoms with Crippen LogP contribution in [0.1, 0.15) is 43.5 Å². The van der Waals surface area contributed by atoms with E-state index in [2.05, 4.69) is 16.5 Å². The first-order chi connectivity index (χ1) is 22.4. The lowest BCUT2D eigenvalue weighted by molar-refractivity contribution is -0.129. The van der Waals surface area contributed by atoms with Crippen LogP contribution in [0, 0.1) is 13.8 Å².